The summed E-state index contributed by atoms with van der Waals surface area (Å²) in [7, 11) is 0. The lowest BCUT2D eigenvalue weighted by molar-refractivity contribution is -0.140. The van der Waals surface area contributed by atoms with Gasteiger partial charge in [-0.15, -0.1) is 0 Å². The molecule has 1 amide bonds. The molecule has 2 aliphatic heterocycles. The first-order valence-electron chi connectivity index (χ1n) is 12.4. The highest BCUT2D eigenvalue weighted by Gasteiger charge is 2.46. The van der Waals surface area contributed by atoms with Gasteiger partial charge in [-0.2, -0.15) is 0 Å². The molecule has 1 aromatic carbocycles. The van der Waals surface area contributed by atoms with E-state index in [1.54, 1.807) is 45.0 Å². The van der Waals surface area contributed by atoms with Gasteiger partial charge in [-0.1, -0.05) is 23.7 Å². The largest absolute Gasteiger partial charge is 0.507 e. The molecule has 37 heavy (non-hydrogen) atoms. The van der Waals surface area contributed by atoms with Gasteiger partial charge in [0.25, 0.3) is 11.7 Å². The molecule has 0 spiro atoms. The number of aliphatic hydroxyl groups excluding tert-OH is 1. The molecule has 198 valence electrons. The molecule has 9 nitrogen and oxygen atoms in total. The Labute approximate surface area is 221 Å². The van der Waals surface area contributed by atoms with E-state index in [1.807, 2.05) is 0 Å². The van der Waals surface area contributed by atoms with Crippen LogP contribution in [0, 0.1) is 13.8 Å². The average Bonchev–Trinajstić information content (AvgIpc) is 3.32. The van der Waals surface area contributed by atoms with Crippen molar-refractivity contribution in [2.45, 2.75) is 33.2 Å². The van der Waals surface area contributed by atoms with Crippen molar-refractivity contribution in [3.05, 3.63) is 62.9 Å². The number of esters is 1. The number of aliphatic hydroxyl groups is 1. The Bertz CT molecular complexity index is 1210. The Kier molecular flexibility index (Phi) is 8.36. The van der Waals surface area contributed by atoms with E-state index in [4.69, 9.17) is 21.1 Å². The second-order valence-electron chi connectivity index (χ2n) is 9.20. The number of carbonyl (C=O) groups is 3. The highest BCUT2D eigenvalue weighted by Crippen LogP contribution is 2.41. The molecule has 1 atom stereocenters. The number of ketones is 1. The molecule has 0 saturated carbocycles. The number of morpholine rings is 1. The summed E-state index contributed by atoms with van der Waals surface area (Å²) in [5.41, 5.74) is 2.09. The highest BCUT2D eigenvalue weighted by molar-refractivity contribution is 6.46. The van der Waals surface area contributed by atoms with Gasteiger partial charge in [0.2, 0.25) is 0 Å². The number of nitrogens with zero attached hydrogens (tertiary/aromatic N) is 2. The predicted octanol–water partition coefficient (Wildman–Crippen LogP) is 3.61. The zero-order chi connectivity index (χ0) is 26.7. The molecule has 10 heteroatoms. The van der Waals surface area contributed by atoms with Crippen molar-refractivity contribution in [3.8, 4) is 0 Å². The van der Waals surface area contributed by atoms with Gasteiger partial charge < -0.3 is 24.5 Å². The lowest BCUT2D eigenvalue weighted by atomic mass is 9.94. The normalized spacial score (nSPS) is 20.0. The number of amides is 1. The van der Waals surface area contributed by atoms with Crippen LogP contribution in [0.25, 0.3) is 5.76 Å². The van der Waals surface area contributed by atoms with Gasteiger partial charge in [-0.05, 0) is 50.5 Å². The van der Waals surface area contributed by atoms with Gasteiger partial charge >= 0.3 is 5.97 Å². The van der Waals surface area contributed by atoms with Gasteiger partial charge in [-0.3, -0.25) is 14.5 Å². The van der Waals surface area contributed by atoms with Crippen LogP contribution in [0.1, 0.15) is 52.3 Å². The van der Waals surface area contributed by atoms with Gasteiger partial charge in [0, 0.05) is 42.5 Å². The van der Waals surface area contributed by atoms with E-state index >= 15 is 0 Å². The van der Waals surface area contributed by atoms with Crippen molar-refractivity contribution in [2.75, 3.05) is 46.0 Å². The molecule has 1 aromatic heterocycles. The van der Waals surface area contributed by atoms with Crippen molar-refractivity contribution in [3.63, 3.8) is 0 Å². The Balaban J connectivity index is 1.73. The Morgan fingerprint density at radius 2 is 1.84 bits per heavy atom. The number of carbonyl (C=O) groups excluding carboxylic acids is 3. The van der Waals surface area contributed by atoms with Crippen LogP contribution >= 0.6 is 11.6 Å². The lowest BCUT2D eigenvalue weighted by Gasteiger charge is -2.29. The third kappa shape index (κ3) is 5.44. The van der Waals surface area contributed by atoms with E-state index in [2.05, 4.69) is 9.88 Å². The lowest BCUT2D eigenvalue weighted by Crippen LogP contribution is -2.38. The number of rotatable bonds is 8. The zero-order valence-corrected chi connectivity index (χ0v) is 22.1. The van der Waals surface area contributed by atoms with Crippen LogP contribution in [0.3, 0.4) is 0 Å². The first-order chi connectivity index (χ1) is 17.7. The van der Waals surface area contributed by atoms with E-state index in [9.17, 15) is 19.5 Å². The topological polar surface area (TPSA) is 112 Å². The number of ether oxygens (including phenoxy) is 2. The molecular formula is C27H32ClN3O6. The van der Waals surface area contributed by atoms with Gasteiger partial charge in [-0.25, -0.2) is 4.79 Å². The van der Waals surface area contributed by atoms with Crippen LogP contribution in [0.15, 0.2) is 29.8 Å². The van der Waals surface area contributed by atoms with E-state index in [1.165, 1.54) is 4.90 Å². The van der Waals surface area contributed by atoms with E-state index in [0.29, 0.717) is 53.6 Å². The number of aryl methyl sites for hydroxylation is 1. The van der Waals surface area contributed by atoms with Crippen LogP contribution in [0.5, 0.6) is 0 Å². The summed E-state index contributed by atoms with van der Waals surface area (Å²) in [6.07, 6.45) is 0.659. The van der Waals surface area contributed by atoms with E-state index in [0.717, 1.165) is 19.6 Å². The summed E-state index contributed by atoms with van der Waals surface area (Å²) in [4.78, 5) is 45.7. The maximum absolute atomic E-state index is 13.3. The molecule has 0 bridgehead atoms. The maximum Gasteiger partial charge on any atom is 0.355 e. The average molecular weight is 530 g/mol. The number of Topliss-reactive ketones (excluding diaryl/α,β-unsaturated/α-hetero) is 1. The minimum atomic E-state index is -0.790. The van der Waals surface area contributed by atoms with Crippen molar-refractivity contribution < 1.29 is 29.0 Å². The number of hydrogen-bond acceptors (Lipinski definition) is 7. The molecule has 2 aliphatic rings. The fourth-order valence-electron chi connectivity index (χ4n) is 5.04. The molecule has 0 aliphatic carbocycles. The predicted molar refractivity (Wildman–Crippen MR) is 139 cm³/mol. The van der Waals surface area contributed by atoms with E-state index in [-0.39, 0.29) is 23.6 Å². The minimum absolute atomic E-state index is 0.0145. The van der Waals surface area contributed by atoms with Crippen LogP contribution < -0.4 is 0 Å². The van der Waals surface area contributed by atoms with E-state index < -0.39 is 23.7 Å². The van der Waals surface area contributed by atoms with Crippen LogP contribution in [0.4, 0.5) is 0 Å². The molecule has 2 aromatic rings. The number of aromatic amines is 1. The van der Waals surface area contributed by atoms with Crippen molar-refractivity contribution in [1.82, 2.24) is 14.8 Å². The number of likely N-dealkylation sites (tertiary alicyclic amines) is 1. The molecular weight excluding hydrogens is 498 g/mol. The number of aromatic nitrogens is 1. The second kappa shape index (κ2) is 11.5. The first kappa shape index (κ1) is 26.9. The monoisotopic (exact) mass is 529 g/mol. The second-order valence-corrected chi connectivity index (χ2v) is 9.63. The van der Waals surface area contributed by atoms with Gasteiger partial charge in [0.05, 0.1) is 31.4 Å². The summed E-state index contributed by atoms with van der Waals surface area (Å²) < 4.78 is 10.5. The fraction of sp³-hybridized carbons (Fsp3) is 0.444. The smallest absolute Gasteiger partial charge is 0.355 e. The quantitative estimate of drug-likeness (QED) is 0.232. The molecule has 2 saturated heterocycles. The minimum Gasteiger partial charge on any atom is -0.507 e. The van der Waals surface area contributed by atoms with Crippen molar-refractivity contribution >= 4 is 35.0 Å². The molecule has 2 N–H and O–H groups in total. The Morgan fingerprint density at radius 1 is 1.16 bits per heavy atom. The summed E-state index contributed by atoms with van der Waals surface area (Å²) in [6.45, 7) is 9.38. The SMILES string of the molecule is CCOC(=O)c1[nH]c(C)c(/C(O)=C2\C(=O)C(=O)N(CCCN3CCOCC3)[C@H]2c2ccc(Cl)cc2)c1C. The highest BCUT2D eigenvalue weighted by atomic mass is 35.5. The van der Waals surface area contributed by atoms with Gasteiger partial charge in [0.1, 0.15) is 11.5 Å². The van der Waals surface area contributed by atoms with Crippen molar-refractivity contribution in [1.29, 1.82) is 0 Å². The molecule has 2 fully saturated rings. The standard InChI is InChI=1S/C27H32ClN3O6/c1-4-37-27(35)22-16(2)20(17(3)29-22)24(32)21-23(18-6-8-19(28)9-7-18)31(26(34)25(21)33)11-5-10-30-12-14-36-15-13-30/h6-9,23,29,32H,4-5,10-15H2,1-3H3/b24-21+/t23-/m0/s1. The Hall–Kier alpha value is -3.14. The number of H-pyrrole nitrogens is 1. The number of hydrogen-bond donors (Lipinski definition) is 2. The van der Waals surface area contributed by atoms with Crippen LogP contribution in [-0.4, -0.2) is 83.5 Å². The zero-order valence-electron chi connectivity index (χ0n) is 21.3. The third-order valence-corrected chi connectivity index (χ3v) is 7.11. The number of halogens is 1. The maximum atomic E-state index is 13.3. The summed E-state index contributed by atoms with van der Waals surface area (Å²) in [6, 6.07) is 6.10. The fourth-order valence-corrected chi connectivity index (χ4v) is 5.16. The third-order valence-electron chi connectivity index (χ3n) is 6.86. The molecule has 3 heterocycles. The summed E-state index contributed by atoms with van der Waals surface area (Å²) in [5, 5.41) is 12.0. The van der Waals surface area contributed by atoms with Crippen LogP contribution in [0.2, 0.25) is 5.02 Å². The molecule has 0 radical (unpaired) electrons. The molecule has 0 unspecified atom stereocenters. The first-order valence-corrected chi connectivity index (χ1v) is 12.8. The Morgan fingerprint density at radius 3 is 2.49 bits per heavy atom. The van der Waals surface area contributed by atoms with Gasteiger partial charge in [0.15, 0.2) is 0 Å². The van der Waals surface area contributed by atoms with Crippen molar-refractivity contribution in [2.24, 2.45) is 0 Å². The number of nitrogens with one attached hydrogen (secondary N) is 1. The summed E-state index contributed by atoms with van der Waals surface area (Å²) >= 11 is 6.10. The summed E-state index contributed by atoms with van der Waals surface area (Å²) in [5.74, 6) is -2.31. The molecule has 4 rings (SSSR count). The number of benzene rings is 1. The van der Waals surface area contributed by atoms with Crippen LogP contribution in [-0.2, 0) is 19.1 Å².